The fourth-order valence-corrected chi connectivity index (χ4v) is 8.18. The summed E-state index contributed by atoms with van der Waals surface area (Å²) in [5.74, 6) is 1.95. The highest BCUT2D eigenvalue weighted by atomic mass is 32.2. The Balaban J connectivity index is 0.858. The Morgan fingerprint density at radius 1 is 1.10 bits per heavy atom. The van der Waals surface area contributed by atoms with Gasteiger partial charge in [0.2, 0.25) is 0 Å². The van der Waals surface area contributed by atoms with Gasteiger partial charge in [-0.25, -0.2) is 18.8 Å². The minimum atomic E-state index is -5.09. The highest BCUT2D eigenvalue weighted by molar-refractivity contribution is 7.93. The molecule has 39 heavy (non-hydrogen) atoms. The van der Waals surface area contributed by atoms with Crippen molar-refractivity contribution in [1.82, 2.24) is 25.0 Å². The molecule has 1 aromatic heterocycles. The molecule has 1 atom stereocenters. The summed E-state index contributed by atoms with van der Waals surface area (Å²) in [6, 6.07) is 5.61. The van der Waals surface area contributed by atoms with Crippen LogP contribution in [0, 0.1) is 21.5 Å². The molecule has 3 N–H and O–H groups in total. The number of aromatic nitrogens is 3. The number of hydrogen-bond acceptors (Lipinski definition) is 6. The van der Waals surface area contributed by atoms with Crippen LogP contribution >= 0.6 is 0 Å². The van der Waals surface area contributed by atoms with Gasteiger partial charge in [-0.1, -0.05) is 12.1 Å². The van der Waals surface area contributed by atoms with Crippen LogP contribution in [0.25, 0.3) is 0 Å². The summed E-state index contributed by atoms with van der Waals surface area (Å²) < 4.78 is 58.3. The average Bonchev–Trinajstić information content (AvgIpc) is 3.32. The van der Waals surface area contributed by atoms with Crippen LogP contribution < -0.4 is 0 Å². The summed E-state index contributed by atoms with van der Waals surface area (Å²) in [5, 5.41) is 17.4. The highest BCUT2D eigenvalue weighted by Crippen LogP contribution is 2.57. The monoisotopic (exact) mass is 564 g/mol. The van der Waals surface area contributed by atoms with Gasteiger partial charge in [-0.3, -0.25) is 5.10 Å². The van der Waals surface area contributed by atoms with Gasteiger partial charge >= 0.3 is 11.5 Å². The second-order valence-electron chi connectivity index (χ2n) is 12.8. The van der Waals surface area contributed by atoms with E-state index in [0.29, 0.717) is 55.6 Å². The van der Waals surface area contributed by atoms with Crippen molar-refractivity contribution >= 4 is 15.8 Å². The van der Waals surface area contributed by atoms with Gasteiger partial charge in [0.05, 0.1) is 4.90 Å². The lowest BCUT2D eigenvalue weighted by molar-refractivity contribution is -0.100. The molecule has 3 heterocycles. The molecule has 210 valence electrons. The van der Waals surface area contributed by atoms with Crippen molar-refractivity contribution in [3.63, 3.8) is 0 Å². The Morgan fingerprint density at radius 3 is 2.31 bits per heavy atom. The minimum Gasteiger partial charge on any atom is -0.382 e. The number of benzene rings is 1. The van der Waals surface area contributed by atoms with Crippen LogP contribution in [0.3, 0.4) is 0 Å². The number of aliphatic hydroxyl groups is 1. The fourth-order valence-electron chi connectivity index (χ4n) is 7.33. The molecular formula is C26H31F3N6O3S. The van der Waals surface area contributed by atoms with Crippen LogP contribution in [0.1, 0.15) is 61.7 Å². The summed E-state index contributed by atoms with van der Waals surface area (Å²) >= 11 is 0. The van der Waals surface area contributed by atoms with E-state index in [1.807, 2.05) is 9.80 Å². The van der Waals surface area contributed by atoms with Crippen molar-refractivity contribution in [2.75, 3.05) is 26.2 Å². The van der Waals surface area contributed by atoms with E-state index in [1.54, 1.807) is 6.07 Å². The van der Waals surface area contributed by atoms with Crippen LogP contribution in [-0.4, -0.2) is 72.0 Å². The molecule has 2 aromatic rings. The maximum atomic E-state index is 13.0. The Hall–Kier alpha value is -2.67. The standard InChI is InChI=1S/C26H31F3N6O3S/c27-26(28,29)39(30,38)19-3-1-2-16(7-19)6-17-8-23(9-17)12-34(13-23)22(36)35-14-24(15-35)10-18(11-24)20-31-21(33-32-20)25(37)4-5-25/h1-3,7,17-18,30,37H,4-6,8-15H2,(H,31,32,33). The van der Waals surface area contributed by atoms with Crippen LogP contribution in [0.4, 0.5) is 18.0 Å². The molecule has 5 fully saturated rings. The Morgan fingerprint density at radius 2 is 1.72 bits per heavy atom. The molecule has 3 aliphatic carbocycles. The number of aromatic amines is 1. The van der Waals surface area contributed by atoms with E-state index in [1.165, 1.54) is 12.1 Å². The molecule has 2 saturated heterocycles. The number of amides is 2. The number of H-pyrrole nitrogens is 1. The van der Waals surface area contributed by atoms with Gasteiger partial charge in [-0.2, -0.15) is 18.3 Å². The molecule has 2 spiro atoms. The minimum absolute atomic E-state index is 0.0844. The topological polar surface area (TPSA) is 126 Å². The first-order valence-electron chi connectivity index (χ1n) is 13.4. The number of carbonyl (C=O) groups excluding carboxylic acids is 1. The molecule has 7 rings (SSSR count). The number of halogens is 3. The van der Waals surface area contributed by atoms with E-state index in [9.17, 15) is 27.3 Å². The van der Waals surface area contributed by atoms with Gasteiger partial charge in [0.25, 0.3) is 0 Å². The molecule has 1 unspecified atom stereocenters. The van der Waals surface area contributed by atoms with E-state index in [0.717, 1.165) is 50.7 Å². The molecule has 0 radical (unpaired) electrons. The Labute approximate surface area is 224 Å². The smallest absolute Gasteiger partial charge is 0.382 e. The number of urea groups is 1. The van der Waals surface area contributed by atoms with Gasteiger partial charge < -0.3 is 14.9 Å². The summed E-state index contributed by atoms with van der Waals surface area (Å²) in [4.78, 5) is 20.8. The van der Waals surface area contributed by atoms with E-state index >= 15 is 0 Å². The number of likely N-dealkylation sites (tertiary alicyclic amines) is 2. The zero-order valence-corrected chi connectivity index (χ0v) is 22.2. The molecule has 2 amide bonds. The third kappa shape index (κ3) is 4.06. The molecule has 2 aliphatic heterocycles. The quantitative estimate of drug-likeness (QED) is 0.507. The zero-order chi connectivity index (χ0) is 27.4. The largest absolute Gasteiger partial charge is 0.483 e. The van der Waals surface area contributed by atoms with Crippen molar-refractivity contribution in [3.8, 4) is 0 Å². The van der Waals surface area contributed by atoms with Crippen molar-refractivity contribution in [2.24, 2.45) is 16.7 Å². The molecular weight excluding hydrogens is 533 g/mol. The molecule has 3 saturated carbocycles. The molecule has 5 aliphatic rings. The maximum absolute atomic E-state index is 13.0. The predicted molar refractivity (Wildman–Crippen MR) is 133 cm³/mol. The average molecular weight is 565 g/mol. The summed E-state index contributed by atoms with van der Waals surface area (Å²) in [6.45, 7) is 2.94. The van der Waals surface area contributed by atoms with Gasteiger partial charge in [-0.15, -0.1) is 0 Å². The molecule has 13 heteroatoms. The van der Waals surface area contributed by atoms with E-state index in [-0.39, 0.29) is 16.9 Å². The second kappa shape index (κ2) is 7.96. The molecule has 1 aromatic carbocycles. The summed E-state index contributed by atoms with van der Waals surface area (Å²) in [7, 11) is -4.85. The first kappa shape index (κ1) is 25.3. The van der Waals surface area contributed by atoms with Crippen molar-refractivity contribution < 1.29 is 27.3 Å². The van der Waals surface area contributed by atoms with Gasteiger partial charge in [-0.05, 0) is 68.6 Å². The third-order valence-electron chi connectivity index (χ3n) is 9.56. The number of alkyl halides is 3. The molecule has 9 nitrogen and oxygen atoms in total. The Bertz CT molecular complexity index is 1420. The lowest BCUT2D eigenvalue weighted by atomic mass is 9.56. The van der Waals surface area contributed by atoms with E-state index < -0.39 is 25.7 Å². The first-order valence-corrected chi connectivity index (χ1v) is 15.0. The van der Waals surface area contributed by atoms with E-state index in [2.05, 4.69) is 15.2 Å². The maximum Gasteiger partial charge on any atom is 0.483 e. The lowest BCUT2D eigenvalue weighted by Gasteiger charge is -2.63. The highest BCUT2D eigenvalue weighted by Gasteiger charge is 2.59. The number of nitrogens with zero attached hydrogens (tertiary/aromatic N) is 4. The zero-order valence-electron chi connectivity index (χ0n) is 21.3. The number of hydrogen-bond donors (Lipinski definition) is 3. The first-order chi connectivity index (χ1) is 18.3. The van der Waals surface area contributed by atoms with Crippen LogP contribution in [0.2, 0.25) is 0 Å². The van der Waals surface area contributed by atoms with Crippen molar-refractivity contribution in [2.45, 2.75) is 66.9 Å². The molecule has 0 bridgehead atoms. The predicted octanol–water partition coefficient (Wildman–Crippen LogP) is 3.97. The Kier molecular flexibility index (Phi) is 5.16. The normalized spacial score (nSPS) is 26.4. The van der Waals surface area contributed by atoms with Crippen LogP contribution in [0.5, 0.6) is 0 Å². The third-order valence-corrected chi connectivity index (χ3v) is 11.1. The van der Waals surface area contributed by atoms with Gasteiger partial charge in [0, 0.05) is 42.9 Å². The van der Waals surface area contributed by atoms with E-state index in [4.69, 9.17) is 4.78 Å². The van der Waals surface area contributed by atoms with Crippen LogP contribution in [0.15, 0.2) is 29.2 Å². The van der Waals surface area contributed by atoms with Gasteiger partial charge in [0.15, 0.2) is 15.6 Å². The van der Waals surface area contributed by atoms with Gasteiger partial charge in [0.1, 0.15) is 11.4 Å². The second-order valence-corrected chi connectivity index (χ2v) is 14.9. The fraction of sp³-hybridized carbons (Fsp3) is 0.654. The summed E-state index contributed by atoms with van der Waals surface area (Å²) in [6.07, 6.45) is 5.77. The number of nitrogens with one attached hydrogen (secondary N) is 2. The lowest BCUT2D eigenvalue weighted by Crippen LogP contribution is -2.70. The van der Waals surface area contributed by atoms with Crippen molar-refractivity contribution in [3.05, 3.63) is 41.5 Å². The van der Waals surface area contributed by atoms with Crippen molar-refractivity contribution in [1.29, 1.82) is 4.78 Å². The SMILES string of the molecule is N=S(=O)(c1cccc(CC2CC3(C2)CN(C(=O)N2CC4(CC(c5nc(C6(O)CC6)n[nH]5)C4)C2)C3)c1)C(F)(F)F. The van der Waals surface area contributed by atoms with Crippen LogP contribution in [-0.2, 0) is 21.8 Å². The number of carbonyl (C=O) groups is 1. The summed E-state index contributed by atoms with van der Waals surface area (Å²) in [5.41, 5.74) is -4.99. The number of rotatable bonds is 5.